The summed E-state index contributed by atoms with van der Waals surface area (Å²) in [5.74, 6) is -0.261. The van der Waals surface area contributed by atoms with Crippen molar-refractivity contribution in [2.75, 3.05) is 26.7 Å². The molecular formula is C15H25FNO2+. The minimum atomic E-state index is -0.497. The van der Waals surface area contributed by atoms with Crippen molar-refractivity contribution >= 4 is 0 Å². The van der Waals surface area contributed by atoms with Crippen LogP contribution in [0.1, 0.15) is 25.3 Å². The van der Waals surface area contributed by atoms with Crippen molar-refractivity contribution in [2.24, 2.45) is 0 Å². The highest BCUT2D eigenvalue weighted by molar-refractivity contribution is 5.16. The molecule has 0 amide bonds. The molecule has 0 aromatic heterocycles. The Kier molecular flexibility index (Phi) is 7.63. The number of halogens is 1. The first-order valence-electron chi connectivity index (χ1n) is 6.94. The Morgan fingerprint density at radius 2 is 2.11 bits per heavy atom. The van der Waals surface area contributed by atoms with E-state index in [0.29, 0.717) is 12.1 Å². The van der Waals surface area contributed by atoms with E-state index in [4.69, 9.17) is 4.74 Å². The van der Waals surface area contributed by atoms with E-state index in [9.17, 15) is 9.50 Å². The quantitative estimate of drug-likeness (QED) is 0.702. The number of hydrogen-bond donors (Lipinski definition) is 2. The molecule has 0 aliphatic rings. The molecule has 0 saturated heterocycles. The Morgan fingerprint density at radius 3 is 2.79 bits per heavy atom. The van der Waals surface area contributed by atoms with E-state index in [-0.39, 0.29) is 19.0 Å². The van der Waals surface area contributed by atoms with Crippen LogP contribution in [0.3, 0.4) is 0 Å². The van der Waals surface area contributed by atoms with Crippen molar-refractivity contribution in [3.05, 3.63) is 35.6 Å². The van der Waals surface area contributed by atoms with Gasteiger partial charge >= 0.3 is 0 Å². The molecule has 2 atom stereocenters. The van der Waals surface area contributed by atoms with Crippen LogP contribution in [-0.4, -0.2) is 38.0 Å². The summed E-state index contributed by atoms with van der Waals surface area (Å²) in [7, 11) is 2.07. The zero-order valence-corrected chi connectivity index (χ0v) is 11.9. The number of rotatable bonds is 9. The second kappa shape index (κ2) is 9.02. The Balaban J connectivity index is 2.20. The second-order valence-corrected chi connectivity index (χ2v) is 5.03. The maximum atomic E-state index is 13.3. The smallest absolute Gasteiger partial charge is 0.128 e. The molecule has 0 aliphatic carbocycles. The third-order valence-corrected chi connectivity index (χ3v) is 3.07. The lowest BCUT2D eigenvalue weighted by atomic mass is 10.2. The highest BCUT2D eigenvalue weighted by Gasteiger charge is 2.11. The molecule has 108 valence electrons. The molecule has 2 N–H and O–H groups in total. The van der Waals surface area contributed by atoms with Gasteiger partial charge in [-0.25, -0.2) is 4.39 Å². The van der Waals surface area contributed by atoms with Crippen molar-refractivity contribution < 1.29 is 19.1 Å². The van der Waals surface area contributed by atoms with Gasteiger partial charge in [0.1, 0.15) is 18.5 Å². The van der Waals surface area contributed by atoms with Crippen LogP contribution in [0.25, 0.3) is 0 Å². The summed E-state index contributed by atoms with van der Waals surface area (Å²) in [4.78, 5) is 1.30. The molecule has 0 bridgehead atoms. The second-order valence-electron chi connectivity index (χ2n) is 5.03. The van der Waals surface area contributed by atoms with Crippen LogP contribution in [0.5, 0.6) is 0 Å². The number of nitrogens with one attached hydrogen (secondary N) is 1. The van der Waals surface area contributed by atoms with Gasteiger partial charge in [0.25, 0.3) is 0 Å². The van der Waals surface area contributed by atoms with Gasteiger partial charge in [0.15, 0.2) is 0 Å². The summed E-state index contributed by atoms with van der Waals surface area (Å²) in [5.41, 5.74) is 0.529. The van der Waals surface area contributed by atoms with E-state index in [1.807, 2.05) is 0 Å². The molecule has 0 fully saturated rings. The molecule has 3 nitrogen and oxygen atoms in total. The van der Waals surface area contributed by atoms with Gasteiger partial charge in [-0.15, -0.1) is 0 Å². The standard InChI is InChI=1S/C15H24FNO2/c1-3-4-9-17(2)10-14(18)12-19-11-13-7-5-6-8-15(13)16/h5-8,14,18H,3-4,9-12H2,1-2H3/p+1/t14-/m0/s1. The maximum Gasteiger partial charge on any atom is 0.128 e. The summed E-state index contributed by atoms with van der Waals surface area (Å²) in [5, 5.41) is 9.83. The number of likely N-dealkylation sites (N-methyl/N-ethyl adjacent to an activating group) is 1. The zero-order valence-electron chi connectivity index (χ0n) is 11.9. The summed E-state index contributed by atoms with van der Waals surface area (Å²) in [6, 6.07) is 6.54. The van der Waals surface area contributed by atoms with Crippen molar-refractivity contribution in [3.8, 4) is 0 Å². The van der Waals surface area contributed by atoms with E-state index >= 15 is 0 Å². The van der Waals surface area contributed by atoms with Crippen LogP contribution in [0, 0.1) is 5.82 Å². The Hall–Kier alpha value is -0.970. The molecule has 1 aromatic rings. The van der Waals surface area contributed by atoms with Gasteiger partial charge in [-0.3, -0.25) is 0 Å². The molecule has 1 rings (SSSR count). The van der Waals surface area contributed by atoms with Crippen LogP contribution in [0.2, 0.25) is 0 Å². The largest absolute Gasteiger partial charge is 0.385 e. The van der Waals surface area contributed by atoms with Gasteiger partial charge in [-0.2, -0.15) is 0 Å². The van der Waals surface area contributed by atoms with Crippen LogP contribution in [-0.2, 0) is 11.3 Å². The molecule has 0 saturated carbocycles. The maximum absolute atomic E-state index is 13.3. The minimum absolute atomic E-state index is 0.206. The number of benzene rings is 1. The average Bonchev–Trinajstić information content (AvgIpc) is 2.38. The van der Waals surface area contributed by atoms with Gasteiger partial charge in [0, 0.05) is 5.56 Å². The third-order valence-electron chi connectivity index (χ3n) is 3.07. The predicted molar refractivity (Wildman–Crippen MR) is 73.6 cm³/mol. The first-order chi connectivity index (χ1) is 9.13. The monoisotopic (exact) mass is 270 g/mol. The van der Waals surface area contributed by atoms with E-state index in [1.165, 1.54) is 11.0 Å². The lowest BCUT2D eigenvalue weighted by molar-refractivity contribution is -0.883. The Labute approximate surface area is 115 Å². The third kappa shape index (κ3) is 6.66. The molecular weight excluding hydrogens is 245 g/mol. The van der Waals surface area contributed by atoms with E-state index in [2.05, 4.69) is 14.0 Å². The number of unbranched alkanes of at least 4 members (excludes halogenated alkanes) is 1. The van der Waals surface area contributed by atoms with Crippen molar-refractivity contribution in [3.63, 3.8) is 0 Å². The number of quaternary nitrogens is 1. The number of aliphatic hydroxyl groups excluding tert-OH is 1. The molecule has 19 heavy (non-hydrogen) atoms. The van der Waals surface area contributed by atoms with Crippen molar-refractivity contribution in [1.29, 1.82) is 0 Å². The van der Waals surface area contributed by atoms with E-state index in [0.717, 1.165) is 19.4 Å². The highest BCUT2D eigenvalue weighted by Crippen LogP contribution is 2.07. The summed E-state index contributed by atoms with van der Waals surface area (Å²) < 4.78 is 18.7. The fourth-order valence-corrected chi connectivity index (χ4v) is 1.96. The van der Waals surface area contributed by atoms with Crippen molar-refractivity contribution in [1.82, 2.24) is 0 Å². The molecule has 1 unspecified atom stereocenters. The normalized spacial score (nSPS) is 14.3. The number of ether oxygens (including phenoxy) is 1. The van der Waals surface area contributed by atoms with Crippen LogP contribution < -0.4 is 4.90 Å². The SMILES string of the molecule is CCCC[NH+](C)C[C@H](O)COCc1ccccc1F. The Morgan fingerprint density at radius 1 is 1.37 bits per heavy atom. The number of aliphatic hydroxyl groups is 1. The Bertz CT molecular complexity index is 360. The van der Waals surface area contributed by atoms with Crippen LogP contribution in [0.15, 0.2) is 24.3 Å². The molecule has 0 radical (unpaired) electrons. The lowest BCUT2D eigenvalue weighted by Gasteiger charge is -2.17. The van der Waals surface area contributed by atoms with Gasteiger partial charge < -0.3 is 14.7 Å². The first kappa shape index (κ1) is 16.1. The van der Waals surface area contributed by atoms with Crippen LogP contribution >= 0.6 is 0 Å². The molecule has 0 spiro atoms. The van der Waals surface area contributed by atoms with Gasteiger partial charge in [0.2, 0.25) is 0 Å². The first-order valence-corrected chi connectivity index (χ1v) is 6.94. The van der Waals surface area contributed by atoms with Crippen LogP contribution in [0.4, 0.5) is 4.39 Å². The molecule has 1 aromatic carbocycles. The zero-order chi connectivity index (χ0) is 14.1. The predicted octanol–water partition coefficient (Wildman–Crippen LogP) is 1.02. The number of hydrogen-bond acceptors (Lipinski definition) is 2. The van der Waals surface area contributed by atoms with E-state index < -0.39 is 6.10 Å². The van der Waals surface area contributed by atoms with E-state index in [1.54, 1.807) is 18.2 Å². The highest BCUT2D eigenvalue weighted by atomic mass is 19.1. The summed E-state index contributed by atoms with van der Waals surface area (Å²) in [6.45, 7) is 4.33. The average molecular weight is 270 g/mol. The fourth-order valence-electron chi connectivity index (χ4n) is 1.96. The molecule has 4 heteroatoms. The summed E-state index contributed by atoms with van der Waals surface area (Å²) >= 11 is 0. The minimum Gasteiger partial charge on any atom is -0.385 e. The molecule has 0 aliphatic heterocycles. The molecule has 0 heterocycles. The lowest BCUT2D eigenvalue weighted by Crippen LogP contribution is -3.10. The summed E-state index contributed by atoms with van der Waals surface area (Å²) in [6.07, 6.45) is 1.83. The van der Waals surface area contributed by atoms with Gasteiger partial charge in [-0.1, -0.05) is 31.5 Å². The van der Waals surface area contributed by atoms with Crippen molar-refractivity contribution in [2.45, 2.75) is 32.5 Å². The fraction of sp³-hybridized carbons (Fsp3) is 0.600. The van der Waals surface area contributed by atoms with Gasteiger partial charge in [0.05, 0.1) is 26.8 Å². The van der Waals surface area contributed by atoms with Gasteiger partial charge in [-0.05, 0) is 12.5 Å². The topological polar surface area (TPSA) is 33.9 Å².